The average molecular weight is 906 g/mol. The SMILES string of the molecule is CC(=O)CCOCCOCCOCCNC(=O)CCCCCCCCC(=O)CCOCCCOCCC(=O)NCCCCCCCC(=O)NCCOCCOCCOCCC(=O)O. The first kappa shape index (κ1) is 59.9. The van der Waals surface area contributed by atoms with Crippen LogP contribution in [-0.4, -0.2) is 166 Å². The van der Waals surface area contributed by atoms with Gasteiger partial charge in [-0.2, -0.15) is 0 Å². The molecule has 0 aromatic rings. The van der Waals surface area contributed by atoms with Gasteiger partial charge in [-0.15, -0.1) is 0 Å². The number of carboxylic acid groups (broad SMARTS) is 1. The summed E-state index contributed by atoms with van der Waals surface area (Å²) < 4.78 is 43.1. The monoisotopic (exact) mass is 906 g/mol. The molecule has 0 atom stereocenters. The number of Topliss-reactive ketones (excluding diaryl/α,β-unsaturated/α-hetero) is 2. The fourth-order valence-electron chi connectivity index (χ4n) is 5.68. The summed E-state index contributed by atoms with van der Waals surface area (Å²) in [4.78, 5) is 69.3. The van der Waals surface area contributed by atoms with Crippen molar-refractivity contribution in [3.05, 3.63) is 0 Å². The highest BCUT2D eigenvalue weighted by molar-refractivity contribution is 5.78. The second-order valence-corrected chi connectivity index (χ2v) is 15.1. The van der Waals surface area contributed by atoms with Gasteiger partial charge in [0.1, 0.15) is 11.6 Å². The third-order valence-corrected chi connectivity index (χ3v) is 9.27. The molecule has 0 radical (unpaired) electrons. The fraction of sp³-hybridized carbons (Fsp3) is 0.867. The smallest absolute Gasteiger partial charge is 0.305 e. The van der Waals surface area contributed by atoms with Crippen molar-refractivity contribution in [2.24, 2.45) is 0 Å². The van der Waals surface area contributed by atoms with E-state index in [1.807, 2.05) is 0 Å². The predicted octanol–water partition coefficient (Wildman–Crippen LogP) is 4.12. The molecule has 3 amide bonds. The zero-order valence-electron chi connectivity index (χ0n) is 38.5. The molecule has 0 saturated heterocycles. The minimum absolute atomic E-state index is 0.00686. The zero-order chi connectivity index (χ0) is 46.1. The summed E-state index contributed by atoms with van der Waals surface area (Å²) in [5, 5.41) is 17.2. The van der Waals surface area contributed by atoms with Crippen LogP contribution in [0.2, 0.25) is 0 Å². The van der Waals surface area contributed by atoms with Crippen molar-refractivity contribution in [2.45, 2.75) is 129 Å². The average Bonchev–Trinajstić information content (AvgIpc) is 3.25. The summed E-state index contributed by atoms with van der Waals surface area (Å²) in [5.74, 6) is -0.557. The Balaban J connectivity index is 3.35. The lowest BCUT2D eigenvalue weighted by Crippen LogP contribution is -2.27. The molecule has 0 unspecified atom stereocenters. The summed E-state index contributed by atoms with van der Waals surface area (Å²) in [6.45, 7) is 9.61. The Hall–Kier alpha value is -3.10. The third kappa shape index (κ3) is 51.4. The van der Waals surface area contributed by atoms with E-state index >= 15 is 0 Å². The topological polar surface area (TPSA) is 233 Å². The molecule has 18 nitrogen and oxygen atoms in total. The molecule has 63 heavy (non-hydrogen) atoms. The van der Waals surface area contributed by atoms with Gasteiger partial charge in [0.2, 0.25) is 17.7 Å². The predicted molar refractivity (Wildman–Crippen MR) is 237 cm³/mol. The first-order valence-corrected chi connectivity index (χ1v) is 23.4. The summed E-state index contributed by atoms with van der Waals surface area (Å²) in [7, 11) is 0. The van der Waals surface area contributed by atoms with Gasteiger partial charge >= 0.3 is 5.97 Å². The molecule has 0 bridgehead atoms. The van der Waals surface area contributed by atoms with Crippen molar-refractivity contribution in [3.63, 3.8) is 0 Å². The first-order chi connectivity index (χ1) is 30.7. The number of carbonyl (C=O) groups excluding carboxylic acids is 5. The van der Waals surface area contributed by atoms with E-state index in [-0.39, 0.29) is 42.3 Å². The fourth-order valence-corrected chi connectivity index (χ4v) is 5.68. The second kappa shape index (κ2) is 48.4. The van der Waals surface area contributed by atoms with Crippen LogP contribution in [0.3, 0.4) is 0 Å². The van der Waals surface area contributed by atoms with Gasteiger partial charge in [-0.1, -0.05) is 44.9 Å². The number of amides is 3. The van der Waals surface area contributed by atoms with E-state index in [1.165, 1.54) is 6.92 Å². The molecule has 0 aromatic heterocycles. The quantitative estimate of drug-likeness (QED) is 0.0629. The number of carboxylic acids is 1. The molecular weight excluding hydrogens is 823 g/mol. The Morgan fingerprint density at radius 1 is 0.317 bits per heavy atom. The normalized spacial score (nSPS) is 11.1. The van der Waals surface area contributed by atoms with Gasteiger partial charge in [-0.05, 0) is 39.0 Å². The molecule has 4 N–H and O–H groups in total. The van der Waals surface area contributed by atoms with E-state index in [2.05, 4.69) is 16.0 Å². The van der Waals surface area contributed by atoms with Crippen LogP contribution in [0.15, 0.2) is 0 Å². The highest BCUT2D eigenvalue weighted by Gasteiger charge is 2.06. The molecule has 18 heteroatoms. The van der Waals surface area contributed by atoms with Crippen LogP contribution in [0.1, 0.15) is 129 Å². The van der Waals surface area contributed by atoms with Crippen molar-refractivity contribution >= 4 is 35.3 Å². The Bertz CT molecular complexity index is 1050. The number of hydrogen-bond acceptors (Lipinski definition) is 14. The third-order valence-electron chi connectivity index (χ3n) is 9.27. The lowest BCUT2D eigenvalue weighted by Gasteiger charge is -2.08. The highest BCUT2D eigenvalue weighted by atomic mass is 16.5. The number of carbonyl (C=O) groups is 6. The van der Waals surface area contributed by atoms with Crippen LogP contribution in [0.25, 0.3) is 0 Å². The van der Waals surface area contributed by atoms with Gasteiger partial charge in [0.05, 0.1) is 98.9 Å². The maximum Gasteiger partial charge on any atom is 0.305 e. The minimum atomic E-state index is -0.891. The van der Waals surface area contributed by atoms with Gasteiger partial charge in [-0.3, -0.25) is 28.8 Å². The maximum atomic E-state index is 12.2. The lowest BCUT2D eigenvalue weighted by atomic mass is 10.1. The molecule has 0 fully saturated rings. The van der Waals surface area contributed by atoms with E-state index in [0.717, 1.165) is 70.6 Å². The number of nitrogens with one attached hydrogen (secondary N) is 3. The van der Waals surface area contributed by atoms with Crippen molar-refractivity contribution in [1.82, 2.24) is 16.0 Å². The van der Waals surface area contributed by atoms with Gasteiger partial charge in [-0.25, -0.2) is 0 Å². The number of rotatable bonds is 51. The summed E-state index contributed by atoms with van der Waals surface area (Å²) >= 11 is 0. The molecule has 0 aliphatic carbocycles. The van der Waals surface area contributed by atoms with Gasteiger partial charge in [0.25, 0.3) is 0 Å². The highest BCUT2D eigenvalue weighted by Crippen LogP contribution is 2.10. The molecular formula is C45H83N3O15. The van der Waals surface area contributed by atoms with E-state index in [4.69, 9.17) is 43.0 Å². The summed E-state index contributed by atoms with van der Waals surface area (Å²) in [6.07, 6.45) is 13.9. The molecule has 0 saturated carbocycles. The molecule has 0 aliphatic heterocycles. The number of unbranched alkanes of at least 4 members (excludes halogenated alkanes) is 9. The summed E-state index contributed by atoms with van der Waals surface area (Å²) in [5.41, 5.74) is 0. The zero-order valence-corrected chi connectivity index (χ0v) is 38.5. The molecule has 368 valence electrons. The van der Waals surface area contributed by atoms with E-state index in [1.54, 1.807) is 0 Å². The Labute approximate surface area is 376 Å². The molecule has 0 spiro atoms. The lowest BCUT2D eigenvalue weighted by molar-refractivity contribution is -0.138. The van der Waals surface area contributed by atoms with Gasteiger partial charge in [0, 0.05) is 71.4 Å². The van der Waals surface area contributed by atoms with Crippen LogP contribution in [-0.2, 0) is 66.7 Å². The Kier molecular flexibility index (Phi) is 46.0. The van der Waals surface area contributed by atoms with Crippen molar-refractivity contribution in [1.29, 1.82) is 0 Å². The van der Waals surface area contributed by atoms with E-state index in [9.17, 15) is 28.8 Å². The number of ketones is 2. The van der Waals surface area contributed by atoms with Crippen LogP contribution >= 0.6 is 0 Å². The second-order valence-electron chi connectivity index (χ2n) is 15.1. The van der Waals surface area contributed by atoms with Crippen molar-refractivity contribution in [2.75, 3.05) is 125 Å². The number of ether oxygens (including phenoxy) is 8. The Morgan fingerprint density at radius 2 is 0.667 bits per heavy atom. The minimum Gasteiger partial charge on any atom is -0.481 e. The standard InChI is InChI=1S/C45H83N3O15/c1-40(49)17-26-58-32-36-62-38-34-60-30-22-47-42(51)15-10-6-3-2-5-9-14-41(50)18-27-56-24-13-25-57-28-19-44(53)46-21-12-8-4-7-11-16-43(52)48-23-31-61-35-39-63-37-33-59-29-20-45(54)55/h2-39H2,1H3,(H,46,53)(H,47,51)(H,48,52)(H,54,55). The van der Waals surface area contributed by atoms with Crippen LogP contribution in [0.4, 0.5) is 0 Å². The van der Waals surface area contributed by atoms with Crippen molar-refractivity contribution < 1.29 is 71.8 Å². The van der Waals surface area contributed by atoms with E-state index < -0.39 is 5.97 Å². The molecule has 0 aromatic carbocycles. The molecule has 0 aliphatic rings. The van der Waals surface area contributed by atoms with Crippen LogP contribution < -0.4 is 16.0 Å². The Morgan fingerprint density at radius 3 is 1.16 bits per heavy atom. The molecule has 0 rings (SSSR count). The van der Waals surface area contributed by atoms with Crippen LogP contribution in [0.5, 0.6) is 0 Å². The maximum absolute atomic E-state index is 12.2. The van der Waals surface area contributed by atoms with Crippen LogP contribution in [0, 0.1) is 0 Å². The van der Waals surface area contributed by atoms with Gasteiger partial charge in [0.15, 0.2) is 0 Å². The van der Waals surface area contributed by atoms with E-state index in [0.29, 0.717) is 164 Å². The van der Waals surface area contributed by atoms with Gasteiger partial charge < -0.3 is 59.0 Å². The number of aliphatic carboxylic acids is 1. The molecule has 0 heterocycles. The largest absolute Gasteiger partial charge is 0.481 e. The summed E-state index contributed by atoms with van der Waals surface area (Å²) in [6, 6.07) is 0. The van der Waals surface area contributed by atoms with Crippen molar-refractivity contribution in [3.8, 4) is 0 Å². The first-order valence-electron chi connectivity index (χ1n) is 23.4. The number of hydrogen-bond donors (Lipinski definition) is 4.